The lowest BCUT2D eigenvalue weighted by Crippen LogP contribution is -2.41. The SMILES string of the molecule is COCc1cccc(C#Cc2n[nH]c3nc(N4CCC5(CC4)CO[C@@H](C)C5)n4ccnc4c23)c1F. The summed E-state index contributed by atoms with van der Waals surface area (Å²) in [5, 5.41) is 8.12. The van der Waals surface area contributed by atoms with Crippen LogP contribution in [0, 0.1) is 23.1 Å². The zero-order valence-electron chi connectivity index (χ0n) is 19.8. The normalized spacial score (nSPS) is 19.5. The highest BCUT2D eigenvalue weighted by atomic mass is 19.1. The van der Waals surface area contributed by atoms with Crippen molar-refractivity contribution in [1.82, 2.24) is 24.6 Å². The van der Waals surface area contributed by atoms with Crippen molar-refractivity contribution in [2.45, 2.75) is 38.9 Å². The van der Waals surface area contributed by atoms with E-state index < -0.39 is 0 Å². The van der Waals surface area contributed by atoms with Crippen LogP contribution in [0.5, 0.6) is 0 Å². The number of anilines is 1. The molecule has 0 aliphatic carbocycles. The van der Waals surface area contributed by atoms with Gasteiger partial charge in [0.05, 0.1) is 30.3 Å². The number of H-pyrrole nitrogens is 1. The Bertz CT molecular complexity index is 1460. The van der Waals surface area contributed by atoms with Gasteiger partial charge >= 0.3 is 0 Å². The van der Waals surface area contributed by atoms with Crippen LogP contribution in [0.2, 0.25) is 0 Å². The second-order valence-electron chi connectivity index (χ2n) is 9.60. The zero-order chi connectivity index (χ0) is 24.0. The van der Waals surface area contributed by atoms with E-state index in [0.717, 1.165) is 55.9 Å². The second kappa shape index (κ2) is 8.63. The second-order valence-corrected chi connectivity index (χ2v) is 9.60. The molecule has 0 bridgehead atoms. The minimum atomic E-state index is -0.377. The number of aromatic nitrogens is 5. The Morgan fingerprint density at radius 2 is 2.14 bits per heavy atom. The fraction of sp³-hybridized carbons (Fsp3) is 0.423. The summed E-state index contributed by atoms with van der Waals surface area (Å²) in [4.78, 5) is 11.8. The number of hydrogen-bond donors (Lipinski definition) is 1. The molecule has 1 atom stereocenters. The number of rotatable bonds is 3. The maximum atomic E-state index is 14.7. The van der Waals surface area contributed by atoms with Gasteiger partial charge in [0.1, 0.15) is 11.5 Å². The van der Waals surface area contributed by atoms with Gasteiger partial charge in [-0.2, -0.15) is 10.1 Å². The highest BCUT2D eigenvalue weighted by Crippen LogP contribution is 2.42. The summed E-state index contributed by atoms with van der Waals surface area (Å²) in [6, 6.07) is 5.11. The lowest BCUT2D eigenvalue weighted by atomic mass is 9.77. The van der Waals surface area contributed by atoms with E-state index in [1.54, 1.807) is 24.4 Å². The molecule has 1 aromatic carbocycles. The van der Waals surface area contributed by atoms with Crippen molar-refractivity contribution >= 4 is 22.6 Å². The molecule has 2 saturated heterocycles. The van der Waals surface area contributed by atoms with Crippen molar-refractivity contribution in [2.24, 2.45) is 5.41 Å². The highest BCUT2D eigenvalue weighted by Gasteiger charge is 2.41. The monoisotopic (exact) mass is 474 g/mol. The molecule has 4 aromatic rings. The number of benzene rings is 1. The number of imidazole rings is 1. The summed E-state index contributed by atoms with van der Waals surface area (Å²) < 4.78 is 27.7. The Hall–Kier alpha value is -3.48. The van der Waals surface area contributed by atoms with E-state index in [2.05, 4.69) is 38.8 Å². The number of nitrogens with zero attached hydrogens (tertiary/aromatic N) is 5. The average molecular weight is 475 g/mol. The summed E-state index contributed by atoms with van der Waals surface area (Å²) in [6.07, 6.45) is 7.32. The topological polar surface area (TPSA) is 80.6 Å². The van der Waals surface area contributed by atoms with Gasteiger partial charge in [0.25, 0.3) is 0 Å². The van der Waals surface area contributed by atoms with Crippen LogP contribution in [0.1, 0.15) is 43.0 Å². The molecule has 2 aliphatic heterocycles. The van der Waals surface area contributed by atoms with Gasteiger partial charge in [0.2, 0.25) is 5.95 Å². The van der Waals surface area contributed by atoms with Gasteiger partial charge in [-0.15, -0.1) is 0 Å². The fourth-order valence-corrected chi connectivity index (χ4v) is 5.39. The van der Waals surface area contributed by atoms with E-state index in [1.807, 2.05) is 10.6 Å². The lowest BCUT2D eigenvalue weighted by molar-refractivity contribution is 0.0975. The summed E-state index contributed by atoms with van der Waals surface area (Å²) in [7, 11) is 1.54. The smallest absolute Gasteiger partial charge is 0.213 e. The third-order valence-corrected chi connectivity index (χ3v) is 7.23. The minimum Gasteiger partial charge on any atom is -0.380 e. The molecule has 8 nitrogen and oxygen atoms in total. The van der Waals surface area contributed by atoms with E-state index in [0.29, 0.717) is 34.0 Å². The van der Waals surface area contributed by atoms with Gasteiger partial charge in [0, 0.05) is 38.2 Å². The molecule has 1 N–H and O–H groups in total. The predicted molar refractivity (Wildman–Crippen MR) is 130 cm³/mol. The molecule has 35 heavy (non-hydrogen) atoms. The maximum absolute atomic E-state index is 14.7. The molecule has 0 unspecified atom stereocenters. The number of hydrogen-bond acceptors (Lipinski definition) is 6. The number of ether oxygens (including phenoxy) is 2. The number of halogens is 1. The molecule has 3 aromatic heterocycles. The standard InChI is InChI=1S/C26H27FN6O2/c1-17-14-26(16-35-17)8-11-32(12-9-26)25-29-23-21(24-28-10-13-33(24)25)20(30-31-23)7-6-18-4-3-5-19(15-34-2)22(18)27/h3-5,10,13,17H,8-9,11-12,14-16H2,1-2H3,(H,30,31)/t17-/m0/s1. The maximum Gasteiger partial charge on any atom is 0.213 e. The van der Waals surface area contributed by atoms with Gasteiger partial charge in [-0.1, -0.05) is 18.1 Å². The molecule has 1 spiro atoms. The van der Waals surface area contributed by atoms with Crippen LogP contribution in [-0.2, 0) is 16.1 Å². The molecule has 9 heteroatoms. The molecule has 0 amide bonds. The van der Waals surface area contributed by atoms with Gasteiger partial charge in [-0.3, -0.25) is 9.50 Å². The quantitative estimate of drug-likeness (QED) is 0.456. The van der Waals surface area contributed by atoms with Crippen molar-refractivity contribution in [3.63, 3.8) is 0 Å². The molecule has 6 rings (SSSR count). The van der Waals surface area contributed by atoms with Crippen molar-refractivity contribution < 1.29 is 13.9 Å². The van der Waals surface area contributed by atoms with Gasteiger partial charge in [0.15, 0.2) is 11.3 Å². The molecule has 2 aliphatic rings. The Kier molecular flexibility index (Phi) is 5.43. The van der Waals surface area contributed by atoms with E-state index >= 15 is 0 Å². The van der Waals surface area contributed by atoms with Crippen molar-refractivity contribution in [1.29, 1.82) is 0 Å². The number of fused-ring (bicyclic) bond motifs is 3. The minimum absolute atomic E-state index is 0.192. The number of aromatic amines is 1. The molecule has 0 radical (unpaired) electrons. The Morgan fingerprint density at radius 1 is 1.29 bits per heavy atom. The Labute approximate surface area is 202 Å². The van der Waals surface area contributed by atoms with Crippen LogP contribution in [0.15, 0.2) is 30.6 Å². The zero-order valence-corrected chi connectivity index (χ0v) is 19.8. The van der Waals surface area contributed by atoms with Crippen molar-refractivity contribution in [2.75, 3.05) is 31.7 Å². The van der Waals surface area contributed by atoms with Crippen LogP contribution >= 0.6 is 0 Å². The molecular formula is C26H27FN6O2. The van der Waals surface area contributed by atoms with Crippen LogP contribution < -0.4 is 4.90 Å². The third-order valence-electron chi connectivity index (χ3n) is 7.23. The number of piperidine rings is 1. The fourth-order valence-electron chi connectivity index (χ4n) is 5.39. The van der Waals surface area contributed by atoms with E-state index in [1.165, 1.54) is 7.11 Å². The third kappa shape index (κ3) is 3.83. The molecule has 2 fully saturated rings. The van der Waals surface area contributed by atoms with Crippen molar-refractivity contribution in [3.05, 3.63) is 53.2 Å². The highest BCUT2D eigenvalue weighted by molar-refractivity contribution is 5.94. The van der Waals surface area contributed by atoms with Gasteiger partial charge < -0.3 is 14.4 Å². The first-order chi connectivity index (χ1) is 17.1. The summed E-state index contributed by atoms with van der Waals surface area (Å²) in [5.74, 6) is 6.40. The largest absolute Gasteiger partial charge is 0.380 e. The summed E-state index contributed by atoms with van der Waals surface area (Å²) in [5.41, 5.74) is 2.90. The van der Waals surface area contributed by atoms with Gasteiger partial charge in [-0.05, 0) is 43.6 Å². The molecular weight excluding hydrogens is 447 g/mol. The summed E-state index contributed by atoms with van der Waals surface area (Å²) >= 11 is 0. The summed E-state index contributed by atoms with van der Waals surface area (Å²) in [6.45, 7) is 5.04. The number of methoxy groups -OCH3 is 1. The number of nitrogens with one attached hydrogen (secondary N) is 1. The average Bonchev–Trinajstić information content (AvgIpc) is 3.58. The lowest BCUT2D eigenvalue weighted by Gasteiger charge is -2.39. The molecule has 180 valence electrons. The van der Waals surface area contributed by atoms with E-state index in [-0.39, 0.29) is 12.4 Å². The van der Waals surface area contributed by atoms with Crippen LogP contribution in [0.4, 0.5) is 10.3 Å². The van der Waals surface area contributed by atoms with E-state index in [4.69, 9.17) is 14.5 Å². The Balaban J connectivity index is 1.34. The first-order valence-corrected chi connectivity index (χ1v) is 11.9. The predicted octanol–water partition coefficient (Wildman–Crippen LogP) is 3.69. The van der Waals surface area contributed by atoms with E-state index in [9.17, 15) is 4.39 Å². The van der Waals surface area contributed by atoms with Gasteiger partial charge in [-0.25, -0.2) is 9.37 Å². The first kappa shape index (κ1) is 22.0. The van der Waals surface area contributed by atoms with Crippen LogP contribution in [0.3, 0.4) is 0 Å². The van der Waals surface area contributed by atoms with Crippen molar-refractivity contribution in [3.8, 4) is 11.8 Å². The molecule has 0 saturated carbocycles. The molecule has 5 heterocycles. The van der Waals surface area contributed by atoms with Crippen LogP contribution in [-0.4, -0.2) is 57.5 Å². The first-order valence-electron chi connectivity index (χ1n) is 11.9. The van der Waals surface area contributed by atoms with Crippen LogP contribution in [0.25, 0.3) is 16.7 Å². The Morgan fingerprint density at radius 3 is 2.91 bits per heavy atom.